The van der Waals surface area contributed by atoms with Crippen LogP contribution in [0.2, 0.25) is 0 Å². The van der Waals surface area contributed by atoms with Crippen molar-refractivity contribution in [2.45, 2.75) is 51.1 Å². The molecular weight excluding hydrogens is 302 g/mol. The van der Waals surface area contributed by atoms with E-state index in [1.54, 1.807) is 0 Å². The second-order valence-corrected chi connectivity index (χ2v) is 7.02. The molecule has 1 aliphatic carbocycles. The largest absolute Gasteiger partial charge is 0.338 e. The van der Waals surface area contributed by atoms with E-state index in [1.807, 2.05) is 35.2 Å². The van der Waals surface area contributed by atoms with Gasteiger partial charge in [0.25, 0.3) is 0 Å². The van der Waals surface area contributed by atoms with Gasteiger partial charge in [0.1, 0.15) is 0 Å². The van der Waals surface area contributed by atoms with E-state index < -0.39 is 0 Å². The van der Waals surface area contributed by atoms with Crippen molar-refractivity contribution < 1.29 is 9.59 Å². The van der Waals surface area contributed by atoms with Crippen LogP contribution in [0.1, 0.15) is 44.1 Å². The Morgan fingerprint density at radius 1 is 1.12 bits per heavy atom. The molecule has 2 aliphatic rings. The molecule has 5 heteroatoms. The Hall–Kier alpha value is -2.04. The minimum absolute atomic E-state index is 0.0872. The molecule has 3 rings (SSSR count). The summed E-state index contributed by atoms with van der Waals surface area (Å²) in [5, 5.41) is 6.00. The molecule has 1 aliphatic heterocycles. The minimum atomic E-state index is -0.0872. The van der Waals surface area contributed by atoms with Gasteiger partial charge in [-0.3, -0.25) is 4.79 Å². The van der Waals surface area contributed by atoms with E-state index in [0.717, 1.165) is 24.9 Å². The van der Waals surface area contributed by atoms with Gasteiger partial charge in [0.2, 0.25) is 5.91 Å². The summed E-state index contributed by atoms with van der Waals surface area (Å²) in [5.74, 6) is 0.386. The zero-order chi connectivity index (χ0) is 16.8. The third-order valence-corrected chi connectivity index (χ3v) is 5.00. The highest BCUT2D eigenvalue weighted by molar-refractivity contribution is 5.79. The Morgan fingerprint density at radius 2 is 1.88 bits per heavy atom. The van der Waals surface area contributed by atoms with Crippen LogP contribution in [-0.2, 0) is 11.3 Å². The standard InChI is InChI=1S/C19H27N3O2/c23-18-11-16(14-22(18)13-15-7-3-1-4-8-15)12-20-19(24)21-17-9-5-2-6-10-17/h1,3-4,7-8,16-17H,2,5-6,9-14H2,(H2,20,21,24). The predicted molar refractivity (Wildman–Crippen MR) is 93.4 cm³/mol. The maximum atomic E-state index is 12.1. The Balaban J connectivity index is 1.40. The molecule has 2 N–H and O–H groups in total. The van der Waals surface area contributed by atoms with Gasteiger partial charge in [-0.15, -0.1) is 0 Å². The van der Waals surface area contributed by atoms with Crippen LogP contribution in [0.5, 0.6) is 0 Å². The average Bonchev–Trinajstić information content (AvgIpc) is 2.95. The van der Waals surface area contributed by atoms with Crippen molar-refractivity contribution in [1.29, 1.82) is 0 Å². The van der Waals surface area contributed by atoms with Crippen molar-refractivity contribution in [1.82, 2.24) is 15.5 Å². The summed E-state index contributed by atoms with van der Waals surface area (Å²) < 4.78 is 0. The topological polar surface area (TPSA) is 61.4 Å². The number of nitrogens with zero attached hydrogens (tertiary/aromatic N) is 1. The summed E-state index contributed by atoms with van der Waals surface area (Å²) in [6, 6.07) is 10.3. The van der Waals surface area contributed by atoms with Crippen molar-refractivity contribution in [3.63, 3.8) is 0 Å². The number of urea groups is 1. The molecule has 1 saturated heterocycles. The van der Waals surface area contributed by atoms with Gasteiger partial charge < -0.3 is 15.5 Å². The van der Waals surface area contributed by atoms with Crippen LogP contribution in [0.15, 0.2) is 30.3 Å². The normalized spacial score (nSPS) is 21.8. The Kier molecular flexibility index (Phi) is 5.72. The van der Waals surface area contributed by atoms with Gasteiger partial charge in [0.05, 0.1) is 0 Å². The van der Waals surface area contributed by atoms with Crippen molar-refractivity contribution in [3.05, 3.63) is 35.9 Å². The van der Waals surface area contributed by atoms with E-state index in [-0.39, 0.29) is 17.9 Å². The first-order chi connectivity index (χ1) is 11.7. The van der Waals surface area contributed by atoms with Crippen LogP contribution in [0.25, 0.3) is 0 Å². The van der Waals surface area contributed by atoms with Crippen molar-refractivity contribution in [2.75, 3.05) is 13.1 Å². The van der Waals surface area contributed by atoms with Crippen LogP contribution in [-0.4, -0.2) is 36.0 Å². The Labute approximate surface area is 143 Å². The van der Waals surface area contributed by atoms with Crippen LogP contribution in [0, 0.1) is 5.92 Å². The van der Waals surface area contributed by atoms with Gasteiger partial charge in [0.15, 0.2) is 0 Å². The molecule has 24 heavy (non-hydrogen) atoms. The van der Waals surface area contributed by atoms with E-state index in [1.165, 1.54) is 19.3 Å². The van der Waals surface area contributed by atoms with Crippen LogP contribution in [0.3, 0.4) is 0 Å². The third kappa shape index (κ3) is 4.73. The molecule has 0 radical (unpaired) electrons. The number of rotatable bonds is 5. The van der Waals surface area contributed by atoms with Crippen molar-refractivity contribution in [3.8, 4) is 0 Å². The lowest BCUT2D eigenvalue weighted by Gasteiger charge is -2.23. The van der Waals surface area contributed by atoms with Gasteiger partial charge in [-0.1, -0.05) is 49.6 Å². The quantitative estimate of drug-likeness (QED) is 0.872. The molecule has 2 fully saturated rings. The molecule has 1 heterocycles. The lowest BCUT2D eigenvalue weighted by molar-refractivity contribution is -0.128. The monoisotopic (exact) mass is 329 g/mol. The van der Waals surface area contributed by atoms with Crippen LogP contribution < -0.4 is 10.6 Å². The molecule has 0 aromatic heterocycles. The van der Waals surface area contributed by atoms with Crippen molar-refractivity contribution >= 4 is 11.9 Å². The number of benzene rings is 1. The number of nitrogens with one attached hydrogen (secondary N) is 2. The number of carbonyl (C=O) groups is 2. The Bertz CT molecular complexity index is 555. The molecule has 0 spiro atoms. The first-order valence-corrected chi connectivity index (χ1v) is 9.07. The smallest absolute Gasteiger partial charge is 0.315 e. The van der Waals surface area contributed by atoms with Gasteiger partial charge in [0, 0.05) is 38.0 Å². The molecule has 5 nitrogen and oxygen atoms in total. The highest BCUT2D eigenvalue weighted by Crippen LogP contribution is 2.20. The molecule has 1 atom stereocenters. The van der Waals surface area contributed by atoms with E-state index in [0.29, 0.717) is 25.6 Å². The van der Waals surface area contributed by atoms with E-state index >= 15 is 0 Å². The molecule has 1 saturated carbocycles. The fourth-order valence-corrected chi connectivity index (χ4v) is 3.67. The zero-order valence-electron chi connectivity index (χ0n) is 14.2. The molecule has 0 bridgehead atoms. The van der Waals surface area contributed by atoms with Crippen LogP contribution >= 0.6 is 0 Å². The second kappa shape index (κ2) is 8.18. The summed E-state index contributed by atoms with van der Waals surface area (Å²) in [6.07, 6.45) is 6.38. The SMILES string of the molecule is O=C(NCC1CC(=O)N(Cc2ccccc2)C1)NC1CCCCC1. The molecular formula is C19H27N3O2. The first-order valence-electron chi connectivity index (χ1n) is 9.07. The summed E-state index contributed by atoms with van der Waals surface area (Å²) in [7, 11) is 0. The van der Waals surface area contributed by atoms with E-state index in [9.17, 15) is 9.59 Å². The number of carbonyl (C=O) groups excluding carboxylic acids is 2. The van der Waals surface area contributed by atoms with Crippen molar-refractivity contribution in [2.24, 2.45) is 5.92 Å². The number of hydrogen-bond donors (Lipinski definition) is 2. The molecule has 1 aromatic rings. The molecule has 130 valence electrons. The molecule has 1 aromatic carbocycles. The number of amides is 3. The van der Waals surface area contributed by atoms with Gasteiger partial charge >= 0.3 is 6.03 Å². The Morgan fingerprint density at radius 3 is 2.62 bits per heavy atom. The molecule has 1 unspecified atom stereocenters. The number of likely N-dealkylation sites (tertiary alicyclic amines) is 1. The highest BCUT2D eigenvalue weighted by atomic mass is 16.2. The lowest BCUT2D eigenvalue weighted by Crippen LogP contribution is -2.44. The summed E-state index contributed by atoms with van der Waals surface area (Å²) in [5.41, 5.74) is 1.15. The van der Waals surface area contributed by atoms with E-state index in [4.69, 9.17) is 0 Å². The lowest BCUT2D eigenvalue weighted by atomic mass is 9.96. The summed E-state index contributed by atoms with van der Waals surface area (Å²) in [6.45, 7) is 1.94. The fraction of sp³-hybridized carbons (Fsp3) is 0.579. The third-order valence-electron chi connectivity index (χ3n) is 5.00. The van der Waals surface area contributed by atoms with Gasteiger partial charge in [-0.05, 0) is 18.4 Å². The maximum Gasteiger partial charge on any atom is 0.315 e. The number of hydrogen-bond acceptors (Lipinski definition) is 2. The fourth-order valence-electron chi connectivity index (χ4n) is 3.67. The van der Waals surface area contributed by atoms with Crippen LogP contribution in [0.4, 0.5) is 4.79 Å². The first kappa shape index (κ1) is 16.8. The second-order valence-electron chi connectivity index (χ2n) is 7.02. The summed E-state index contributed by atoms with van der Waals surface area (Å²) >= 11 is 0. The van der Waals surface area contributed by atoms with E-state index in [2.05, 4.69) is 10.6 Å². The highest BCUT2D eigenvalue weighted by Gasteiger charge is 2.29. The zero-order valence-corrected chi connectivity index (χ0v) is 14.2. The summed E-state index contributed by atoms with van der Waals surface area (Å²) in [4.78, 5) is 26.0. The average molecular weight is 329 g/mol. The molecule has 3 amide bonds. The maximum absolute atomic E-state index is 12.1. The van der Waals surface area contributed by atoms with Gasteiger partial charge in [-0.25, -0.2) is 4.79 Å². The van der Waals surface area contributed by atoms with Gasteiger partial charge in [-0.2, -0.15) is 0 Å². The minimum Gasteiger partial charge on any atom is -0.338 e. The predicted octanol–water partition coefficient (Wildman–Crippen LogP) is 2.67.